The Hall–Kier alpha value is -1.13. The van der Waals surface area contributed by atoms with Gasteiger partial charge in [0.2, 0.25) is 0 Å². The largest absolute Gasteiger partial charge is 0.358 e. The predicted octanol–water partition coefficient (Wildman–Crippen LogP) is 3.42. The molecule has 3 nitrogen and oxygen atoms in total. The van der Waals surface area contributed by atoms with Crippen molar-refractivity contribution in [2.45, 2.75) is 49.0 Å². The van der Waals surface area contributed by atoms with Crippen LogP contribution >= 0.6 is 0 Å². The average molecular weight is 319 g/mol. The minimum atomic E-state index is -2.02. The van der Waals surface area contributed by atoms with Gasteiger partial charge in [0.15, 0.2) is 0 Å². The normalized spacial score (nSPS) is 26.8. The summed E-state index contributed by atoms with van der Waals surface area (Å²) in [6.07, 6.45) is 6.70. The summed E-state index contributed by atoms with van der Waals surface area (Å²) in [6.45, 7) is -1.38. The standard InChI is InChI=1S/C18H24N2OS/c1-20-9-3-4-13(20)10-16-15-11-14(22(2)21)7-8-17(15)19-18(16)12-5-6-12/h7-8,11-13,19H,3-6,9-10H2,1-2H3/t13-,22?/m1/s1/i1D3. The van der Waals surface area contributed by atoms with Crippen LogP contribution in [-0.2, 0) is 17.2 Å². The first-order chi connectivity index (χ1) is 11.8. The molecule has 1 aromatic heterocycles. The predicted molar refractivity (Wildman–Crippen MR) is 92.0 cm³/mol. The number of benzene rings is 1. The Morgan fingerprint density at radius 3 is 3.00 bits per heavy atom. The Morgan fingerprint density at radius 2 is 2.27 bits per heavy atom. The van der Waals surface area contributed by atoms with E-state index < -0.39 is 17.8 Å². The van der Waals surface area contributed by atoms with E-state index in [1.165, 1.54) is 24.1 Å². The fourth-order valence-corrected chi connectivity index (χ4v) is 4.19. The number of hydrogen-bond acceptors (Lipinski definition) is 2. The van der Waals surface area contributed by atoms with Gasteiger partial charge in [-0.15, -0.1) is 0 Å². The Balaban J connectivity index is 1.75. The van der Waals surface area contributed by atoms with E-state index in [9.17, 15) is 4.21 Å². The van der Waals surface area contributed by atoms with E-state index in [0.29, 0.717) is 12.5 Å². The lowest BCUT2D eigenvalue weighted by Crippen LogP contribution is -2.27. The fraction of sp³-hybridized carbons (Fsp3) is 0.556. The van der Waals surface area contributed by atoms with Gasteiger partial charge in [-0.2, -0.15) is 0 Å². The number of nitrogens with one attached hydrogen (secondary N) is 1. The molecular weight excluding hydrogens is 292 g/mol. The molecular formula is C18H24N2OS. The highest BCUT2D eigenvalue weighted by Gasteiger charge is 2.31. The van der Waals surface area contributed by atoms with E-state index in [-0.39, 0.29) is 6.04 Å². The maximum Gasteiger partial charge on any atom is 0.0498 e. The van der Waals surface area contributed by atoms with E-state index in [4.69, 9.17) is 4.11 Å². The molecule has 4 heteroatoms. The van der Waals surface area contributed by atoms with E-state index >= 15 is 0 Å². The Labute approximate surface area is 138 Å². The maximum absolute atomic E-state index is 11.9. The van der Waals surface area contributed by atoms with Gasteiger partial charge < -0.3 is 9.88 Å². The van der Waals surface area contributed by atoms with Crippen molar-refractivity contribution < 1.29 is 8.32 Å². The number of likely N-dealkylation sites (tertiary alicyclic amines) is 1. The van der Waals surface area contributed by atoms with Gasteiger partial charge in [0.05, 0.1) is 0 Å². The van der Waals surface area contributed by atoms with Gasteiger partial charge in [0.1, 0.15) is 0 Å². The van der Waals surface area contributed by atoms with Crippen molar-refractivity contribution >= 4 is 21.7 Å². The van der Waals surface area contributed by atoms with E-state index in [2.05, 4.69) is 4.98 Å². The molecule has 2 fully saturated rings. The second kappa shape index (κ2) is 5.50. The van der Waals surface area contributed by atoms with Crippen LogP contribution in [0.2, 0.25) is 0 Å². The number of fused-ring (bicyclic) bond motifs is 1. The molecule has 118 valence electrons. The quantitative estimate of drug-likeness (QED) is 0.937. The molecule has 0 amide bonds. The van der Waals surface area contributed by atoms with Crippen molar-refractivity contribution in [1.82, 2.24) is 9.88 Å². The van der Waals surface area contributed by atoms with Gasteiger partial charge in [0.25, 0.3) is 0 Å². The molecule has 1 N–H and O–H groups in total. The number of H-pyrrole nitrogens is 1. The van der Waals surface area contributed by atoms with Gasteiger partial charge in [-0.1, -0.05) is 0 Å². The highest BCUT2D eigenvalue weighted by Crippen LogP contribution is 2.44. The Morgan fingerprint density at radius 1 is 1.41 bits per heavy atom. The minimum absolute atomic E-state index is 0.0554. The maximum atomic E-state index is 11.9. The van der Waals surface area contributed by atoms with Crippen molar-refractivity contribution in [2.75, 3.05) is 19.8 Å². The third-order valence-corrected chi connectivity index (χ3v) is 5.96. The van der Waals surface area contributed by atoms with Crippen LogP contribution in [0.3, 0.4) is 0 Å². The van der Waals surface area contributed by atoms with Gasteiger partial charge in [-0.3, -0.25) is 4.21 Å². The summed E-state index contributed by atoms with van der Waals surface area (Å²) in [7, 11) is -1.02. The lowest BCUT2D eigenvalue weighted by molar-refractivity contribution is 0.309. The Kier molecular flexibility index (Phi) is 2.85. The molecule has 0 spiro atoms. The third-order valence-electron chi connectivity index (χ3n) is 5.05. The molecule has 22 heavy (non-hydrogen) atoms. The van der Waals surface area contributed by atoms with Gasteiger partial charge in [-0.25, -0.2) is 0 Å². The SMILES string of the molecule is [2H]C([2H])([2H])N1CCC[C@@H]1Cc1c(C2CC2)[nH]c2ccc(S(C)=O)cc12. The van der Waals surface area contributed by atoms with E-state index in [1.54, 1.807) is 11.2 Å². The van der Waals surface area contributed by atoms with E-state index in [1.807, 2.05) is 18.2 Å². The van der Waals surface area contributed by atoms with Crippen molar-refractivity contribution in [3.63, 3.8) is 0 Å². The summed E-state index contributed by atoms with van der Waals surface area (Å²) in [4.78, 5) is 6.07. The second-order valence-electron chi connectivity index (χ2n) is 6.65. The van der Waals surface area contributed by atoms with E-state index in [0.717, 1.165) is 35.1 Å². The highest BCUT2D eigenvalue weighted by molar-refractivity contribution is 7.84. The van der Waals surface area contributed by atoms with Crippen LogP contribution < -0.4 is 0 Å². The molecule has 1 aromatic carbocycles. The number of rotatable bonds is 4. The van der Waals surface area contributed by atoms with Crippen LogP contribution in [-0.4, -0.2) is 39.9 Å². The van der Waals surface area contributed by atoms with Crippen molar-refractivity contribution in [2.24, 2.45) is 0 Å². The molecule has 0 bridgehead atoms. The molecule has 2 aromatic rings. The number of aromatic amines is 1. The lowest BCUT2D eigenvalue weighted by Gasteiger charge is -2.20. The molecule has 0 radical (unpaired) electrons. The number of nitrogens with zero attached hydrogens (tertiary/aromatic N) is 1. The summed E-state index contributed by atoms with van der Waals surface area (Å²) >= 11 is 0. The smallest absolute Gasteiger partial charge is 0.0498 e. The molecule has 1 saturated heterocycles. The van der Waals surface area contributed by atoms with Gasteiger partial charge >= 0.3 is 0 Å². The minimum Gasteiger partial charge on any atom is -0.358 e. The zero-order valence-electron chi connectivity index (χ0n) is 15.9. The van der Waals surface area contributed by atoms with Crippen LogP contribution in [0.5, 0.6) is 0 Å². The highest BCUT2D eigenvalue weighted by atomic mass is 32.2. The lowest BCUT2D eigenvalue weighted by atomic mass is 9.99. The molecule has 1 unspecified atom stereocenters. The van der Waals surface area contributed by atoms with Gasteiger partial charge in [-0.05, 0) is 75.3 Å². The number of hydrogen-bond donors (Lipinski definition) is 1. The molecule has 1 saturated carbocycles. The summed E-state index contributed by atoms with van der Waals surface area (Å²) < 4.78 is 35.3. The van der Waals surface area contributed by atoms with Crippen molar-refractivity contribution in [1.29, 1.82) is 0 Å². The number of aromatic nitrogens is 1. The first kappa shape index (κ1) is 11.4. The van der Waals surface area contributed by atoms with Gasteiger partial charge in [0, 0.05) is 48.7 Å². The van der Waals surface area contributed by atoms with Crippen LogP contribution in [0, 0.1) is 0 Å². The second-order valence-corrected chi connectivity index (χ2v) is 8.03. The molecule has 1 aliphatic carbocycles. The summed E-state index contributed by atoms with van der Waals surface area (Å²) in [5, 5.41) is 1.12. The Bertz CT molecular complexity index is 826. The molecule has 4 rings (SSSR count). The van der Waals surface area contributed by atoms with Crippen LogP contribution in [0.15, 0.2) is 23.1 Å². The first-order valence-electron chi connectivity index (χ1n) is 9.59. The molecule has 1 aliphatic heterocycles. The van der Waals surface area contributed by atoms with Crippen LogP contribution in [0.4, 0.5) is 0 Å². The molecule has 2 atom stereocenters. The summed E-state index contributed by atoms with van der Waals surface area (Å²) in [5.41, 5.74) is 3.59. The molecule has 2 aliphatic rings. The monoisotopic (exact) mass is 319 g/mol. The fourth-order valence-electron chi connectivity index (χ4n) is 3.65. The summed E-state index contributed by atoms with van der Waals surface area (Å²) in [6, 6.07) is 6.01. The van der Waals surface area contributed by atoms with Crippen LogP contribution in [0.1, 0.15) is 47.0 Å². The topological polar surface area (TPSA) is 36.1 Å². The van der Waals surface area contributed by atoms with Crippen molar-refractivity contribution in [3.8, 4) is 0 Å². The third kappa shape index (κ3) is 2.52. The zero-order valence-corrected chi connectivity index (χ0v) is 13.7. The zero-order chi connectivity index (χ0) is 17.8. The first-order valence-corrected chi connectivity index (χ1v) is 9.65. The van der Waals surface area contributed by atoms with Crippen molar-refractivity contribution in [3.05, 3.63) is 29.5 Å². The molecule has 2 heterocycles. The van der Waals surface area contributed by atoms with Crippen LogP contribution in [0.25, 0.3) is 10.9 Å². The summed E-state index contributed by atoms with van der Waals surface area (Å²) in [5.74, 6) is 0.570. The number of likely N-dealkylation sites (N-methyl/N-ethyl adjacent to an activating group) is 1. The average Bonchev–Trinajstić information content (AvgIpc) is 3.16.